The fourth-order valence-corrected chi connectivity index (χ4v) is 1.25. The van der Waals surface area contributed by atoms with Crippen molar-refractivity contribution in [3.05, 3.63) is 0 Å². The molecule has 0 spiro atoms. The monoisotopic (exact) mass is 222 g/mol. The van der Waals surface area contributed by atoms with E-state index in [2.05, 4.69) is 0 Å². The first-order valence-corrected chi connectivity index (χ1v) is 6.03. The number of hydrogen-bond donors (Lipinski definition) is 2. The lowest BCUT2D eigenvalue weighted by atomic mass is 10.0. The van der Waals surface area contributed by atoms with E-state index in [-0.39, 0.29) is 0 Å². The van der Waals surface area contributed by atoms with Crippen molar-refractivity contribution >= 4 is 15.9 Å². The zero-order valence-corrected chi connectivity index (χ0v) is 9.81. The highest BCUT2D eigenvalue weighted by atomic mass is 32.2. The molecule has 0 aromatic heterocycles. The van der Waals surface area contributed by atoms with Gasteiger partial charge in [0, 0.05) is 0 Å². The molecule has 0 aromatic rings. The van der Waals surface area contributed by atoms with Crippen LogP contribution in [0.25, 0.3) is 0 Å². The quantitative estimate of drug-likeness (QED) is 0.699. The molecule has 0 radical (unpaired) electrons. The summed E-state index contributed by atoms with van der Waals surface area (Å²) < 4.78 is 24.6. The number of amides is 1. The number of carbonyl (C=O) groups excluding carboxylic acids is 1. The molecule has 84 valence electrons. The van der Waals surface area contributed by atoms with Crippen LogP contribution in [-0.4, -0.2) is 25.1 Å². The van der Waals surface area contributed by atoms with Crippen LogP contribution in [0.3, 0.4) is 0 Å². The van der Waals surface area contributed by atoms with Crippen molar-refractivity contribution in [3.63, 3.8) is 0 Å². The average molecular weight is 222 g/mol. The second-order valence-electron chi connectivity index (χ2n) is 3.80. The van der Waals surface area contributed by atoms with Gasteiger partial charge < -0.3 is 5.73 Å². The highest BCUT2D eigenvalue weighted by Gasteiger charge is 2.30. The van der Waals surface area contributed by atoms with E-state index in [4.69, 9.17) is 5.73 Å². The summed E-state index contributed by atoms with van der Waals surface area (Å²) in [5, 5.41) is -0.640. The third-order valence-electron chi connectivity index (χ3n) is 2.11. The Hall–Kier alpha value is -0.620. The Morgan fingerprint density at radius 1 is 1.50 bits per heavy atom. The second kappa shape index (κ2) is 4.27. The van der Waals surface area contributed by atoms with Gasteiger partial charge in [0.25, 0.3) is 5.91 Å². The standard InChI is InChI=1S/C8H18N2O3S/c1-5-8(4,9)7(11)10-14(12,13)6(2)3/h6H,5,9H2,1-4H3,(H,10,11). The molecule has 0 bridgehead atoms. The molecule has 1 atom stereocenters. The molecule has 1 amide bonds. The third kappa shape index (κ3) is 3.26. The van der Waals surface area contributed by atoms with Crippen LogP contribution in [0.1, 0.15) is 34.1 Å². The van der Waals surface area contributed by atoms with Crippen molar-refractivity contribution < 1.29 is 13.2 Å². The maximum Gasteiger partial charge on any atom is 0.253 e. The first kappa shape index (κ1) is 13.4. The van der Waals surface area contributed by atoms with E-state index in [1.165, 1.54) is 20.8 Å². The summed E-state index contributed by atoms with van der Waals surface area (Å²) in [5.41, 5.74) is 4.45. The molecule has 0 rings (SSSR count). The first-order valence-electron chi connectivity index (χ1n) is 4.48. The average Bonchev–Trinajstić information content (AvgIpc) is 2.03. The SMILES string of the molecule is CCC(C)(N)C(=O)NS(=O)(=O)C(C)C. The van der Waals surface area contributed by atoms with Crippen molar-refractivity contribution in [1.82, 2.24) is 4.72 Å². The van der Waals surface area contributed by atoms with E-state index < -0.39 is 26.7 Å². The molecule has 0 fully saturated rings. The largest absolute Gasteiger partial charge is 0.318 e. The van der Waals surface area contributed by atoms with Gasteiger partial charge in [0.1, 0.15) is 0 Å². The maximum atomic E-state index is 11.4. The summed E-state index contributed by atoms with van der Waals surface area (Å²) >= 11 is 0. The molecule has 5 nitrogen and oxygen atoms in total. The summed E-state index contributed by atoms with van der Waals surface area (Å²) in [6, 6.07) is 0. The van der Waals surface area contributed by atoms with Crippen LogP contribution in [0.15, 0.2) is 0 Å². The van der Waals surface area contributed by atoms with Crippen LogP contribution in [0.4, 0.5) is 0 Å². The summed E-state index contributed by atoms with van der Waals surface area (Å²) in [6.07, 6.45) is 0.381. The van der Waals surface area contributed by atoms with E-state index in [0.29, 0.717) is 6.42 Å². The zero-order valence-electron chi connectivity index (χ0n) is 8.99. The highest BCUT2D eigenvalue weighted by Crippen LogP contribution is 2.06. The molecule has 0 saturated carbocycles. The number of nitrogens with two attached hydrogens (primary N) is 1. The van der Waals surface area contributed by atoms with Gasteiger partial charge in [-0.2, -0.15) is 0 Å². The van der Waals surface area contributed by atoms with Gasteiger partial charge in [-0.05, 0) is 27.2 Å². The molecule has 1 unspecified atom stereocenters. The summed E-state index contributed by atoms with van der Waals surface area (Å²) in [4.78, 5) is 11.4. The Kier molecular flexibility index (Phi) is 4.08. The molecule has 3 N–H and O–H groups in total. The minimum atomic E-state index is -3.57. The molecular formula is C8H18N2O3S. The first-order chi connectivity index (χ1) is 6.13. The lowest BCUT2D eigenvalue weighted by Crippen LogP contribution is -2.53. The molecule has 0 heterocycles. The van der Waals surface area contributed by atoms with E-state index in [9.17, 15) is 13.2 Å². The van der Waals surface area contributed by atoms with Crippen molar-refractivity contribution in [1.29, 1.82) is 0 Å². The lowest BCUT2D eigenvalue weighted by molar-refractivity contribution is -0.124. The highest BCUT2D eigenvalue weighted by molar-refractivity contribution is 7.90. The smallest absolute Gasteiger partial charge is 0.253 e. The molecular weight excluding hydrogens is 204 g/mol. The number of rotatable bonds is 4. The molecule has 0 aliphatic carbocycles. The van der Waals surface area contributed by atoms with Crippen LogP contribution >= 0.6 is 0 Å². The Bertz CT molecular complexity index is 307. The van der Waals surface area contributed by atoms with Gasteiger partial charge in [-0.15, -0.1) is 0 Å². The van der Waals surface area contributed by atoms with Crippen LogP contribution in [-0.2, 0) is 14.8 Å². The topological polar surface area (TPSA) is 89.3 Å². The van der Waals surface area contributed by atoms with Crippen molar-refractivity contribution in [3.8, 4) is 0 Å². The van der Waals surface area contributed by atoms with E-state index in [1.54, 1.807) is 6.92 Å². The van der Waals surface area contributed by atoms with Crippen molar-refractivity contribution in [2.24, 2.45) is 5.73 Å². The fourth-order valence-electron chi connectivity index (χ4n) is 0.524. The van der Waals surface area contributed by atoms with E-state index >= 15 is 0 Å². The predicted molar refractivity (Wildman–Crippen MR) is 55.1 cm³/mol. The van der Waals surface area contributed by atoms with Crippen LogP contribution in [0.2, 0.25) is 0 Å². The van der Waals surface area contributed by atoms with Gasteiger partial charge >= 0.3 is 0 Å². The van der Waals surface area contributed by atoms with Gasteiger partial charge in [0.2, 0.25) is 10.0 Å². The van der Waals surface area contributed by atoms with Crippen molar-refractivity contribution in [2.45, 2.75) is 44.9 Å². The number of sulfonamides is 1. The number of hydrogen-bond acceptors (Lipinski definition) is 4. The predicted octanol–water partition coefficient (Wildman–Crippen LogP) is -0.0318. The Morgan fingerprint density at radius 2 is 1.93 bits per heavy atom. The Morgan fingerprint density at radius 3 is 2.21 bits per heavy atom. The molecule has 0 aromatic carbocycles. The number of carbonyl (C=O) groups is 1. The lowest BCUT2D eigenvalue weighted by Gasteiger charge is -2.22. The Balaban J connectivity index is 4.65. The van der Waals surface area contributed by atoms with Crippen molar-refractivity contribution in [2.75, 3.05) is 0 Å². The maximum absolute atomic E-state index is 11.4. The molecule has 0 aliphatic rings. The number of nitrogens with one attached hydrogen (secondary N) is 1. The summed E-state index contributed by atoms with van der Waals surface area (Å²) in [7, 11) is -3.57. The zero-order chi connectivity index (χ0) is 11.6. The molecule has 14 heavy (non-hydrogen) atoms. The van der Waals surface area contributed by atoms with Crippen LogP contribution in [0.5, 0.6) is 0 Å². The van der Waals surface area contributed by atoms with E-state index in [1.807, 2.05) is 4.72 Å². The van der Waals surface area contributed by atoms with Gasteiger partial charge in [-0.1, -0.05) is 6.92 Å². The van der Waals surface area contributed by atoms with Crippen LogP contribution in [0, 0.1) is 0 Å². The third-order valence-corrected chi connectivity index (χ3v) is 3.82. The summed E-state index contributed by atoms with van der Waals surface area (Å²) in [5.74, 6) is -0.659. The Labute approximate surface area is 85.1 Å². The molecule has 0 aliphatic heterocycles. The van der Waals surface area contributed by atoms with Gasteiger partial charge in [0.15, 0.2) is 0 Å². The minimum absolute atomic E-state index is 0.381. The minimum Gasteiger partial charge on any atom is -0.318 e. The van der Waals surface area contributed by atoms with Crippen LogP contribution < -0.4 is 10.5 Å². The molecule has 0 saturated heterocycles. The summed E-state index contributed by atoms with van der Waals surface area (Å²) in [6.45, 7) is 6.21. The van der Waals surface area contributed by atoms with Gasteiger partial charge in [-0.3, -0.25) is 9.52 Å². The fraction of sp³-hybridized carbons (Fsp3) is 0.875. The van der Waals surface area contributed by atoms with Gasteiger partial charge in [0.05, 0.1) is 10.8 Å². The van der Waals surface area contributed by atoms with Gasteiger partial charge in [-0.25, -0.2) is 8.42 Å². The molecule has 6 heteroatoms. The normalized spacial score (nSPS) is 16.4. The van der Waals surface area contributed by atoms with E-state index in [0.717, 1.165) is 0 Å². The second-order valence-corrected chi connectivity index (χ2v) is 6.03.